The minimum Gasteiger partial charge on any atom is -0.342 e. The zero-order chi connectivity index (χ0) is 17.4. The van der Waals surface area contributed by atoms with Crippen molar-refractivity contribution in [1.82, 2.24) is 15.5 Å². The summed E-state index contributed by atoms with van der Waals surface area (Å²) in [5, 5.41) is 6.40. The number of benzene rings is 1. The summed E-state index contributed by atoms with van der Waals surface area (Å²) in [5.41, 5.74) is 3.81. The van der Waals surface area contributed by atoms with Crippen LogP contribution in [-0.4, -0.2) is 41.4 Å². The molecule has 2 heterocycles. The second-order valence-corrected chi connectivity index (χ2v) is 7.47. The molecule has 0 radical (unpaired) electrons. The van der Waals surface area contributed by atoms with Crippen molar-refractivity contribution in [3.8, 4) is 0 Å². The van der Waals surface area contributed by atoms with E-state index in [0.717, 1.165) is 6.54 Å². The van der Waals surface area contributed by atoms with Gasteiger partial charge in [0.05, 0.1) is 0 Å². The Balaban J connectivity index is 1.63. The summed E-state index contributed by atoms with van der Waals surface area (Å²) in [6.07, 6.45) is 0.688. The molecule has 2 saturated heterocycles. The fourth-order valence-corrected chi connectivity index (χ4v) is 3.59. The molecule has 0 spiro atoms. The van der Waals surface area contributed by atoms with E-state index in [9.17, 15) is 9.59 Å². The molecule has 5 heteroatoms. The van der Waals surface area contributed by atoms with Crippen LogP contribution in [0.2, 0.25) is 0 Å². The van der Waals surface area contributed by atoms with Gasteiger partial charge in [0.2, 0.25) is 11.8 Å². The van der Waals surface area contributed by atoms with Crippen LogP contribution < -0.4 is 10.6 Å². The van der Waals surface area contributed by atoms with Gasteiger partial charge in [-0.2, -0.15) is 0 Å². The van der Waals surface area contributed by atoms with Crippen LogP contribution in [0.5, 0.6) is 0 Å². The Kier molecular flexibility index (Phi) is 4.63. The quantitative estimate of drug-likeness (QED) is 0.880. The molecule has 1 aromatic carbocycles. The maximum atomic E-state index is 12.6. The molecule has 3 atom stereocenters. The number of aryl methyl sites for hydroxylation is 2. The van der Waals surface area contributed by atoms with Gasteiger partial charge in [0.1, 0.15) is 12.1 Å². The van der Waals surface area contributed by atoms with Gasteiger partial charge in [-0.1, -0.05) is 32.0 Å². The highest BCUT2D eigenvalue weighted by Gasteiger charge is 2.46. The third-order valence-electron chi connectivity index (χ3n) is 5.28. The molecule has 24 heavy (non-hydrogen) atoms. The van der Waals surface area contributed by atoms with Gasteiger partial charge in [-0.3, -0.25) is 9.59 Å². The third-order valence-corrected chi connectivity index (χ3v) is 5.28. The van der Waals surface area contributed by atoms with E-state index in [-0.39, 0.29) is 35.9 Å². The molecule has 2 fully saturated rings. The highest BCUT2D eigenvalue weighted by atomic mass is 16.2. The fraction of sp³-hybridized carbons (Fsp3) is 0.579. The van der Waals surface area contributed by atoms with Gasteiger partial charge < -0.3 is 15.5 Å². The monoisotopic (exact) mass is 329 g/mol. The molecule has 2 aliphatic rings. The smallest absolute Gasteiger partial charge is 0.246 e. The Morgan fingerprint density at radius 2 is 2.00 bits per heavy atom. The first-order valence-corrected chi connectivity index (χ1v) is 8.77. The molecule has 3 rings (SSSR count). The lowest BCUT2D eigenvalue weighted by atomic mass is 9.98. The number of rotatable bonds is 4. The van der Waals surface area contributed by atoms with E-state index in [1.54, 1.807) is 4.90 Å². The first kappa shape index (κ1) is 17.0. The average molecular weight is 329 g/mol. The summed E-state index contributed by atoms with van der Waals surface area (Å²) in [6.45, 7) is 9.53. The van der Waals surface area contributed by atoms with Crippen LogP contribution in [0, 0.1) is 19.8 Å². The van der Waals surface area contributed by atoms with E-state index in [0.29, 0.717) is 13.0 Å². The highest BCUT2D eigenvalue weighted by molar-refractivity contribution is 5.97. The van der Waals surface area contributed by atoms with E-state index in [4.69, 9.17) is 0 Å². The Morgan fingerprint density at radius 3 is 2.67 bits per heavy atom. The number of hydrogen-bond acceptors (Lipinski definition) is 3. The van der Waals surface area contributed by atoms with E-state index in [1.807, 2.05) is 13.8 Å². The van der Waals surface area contributed by atoms with Crippen molar-refractivity contribution in [3.63, 3.8) is 0 Å². The second kappa shape index (κ2) is 6.55. The van der Waals surface area contributed by atoms with Crippen molar-refractivity contribution >= 4 is 11.8 Å². The predicted octanol–water partition coefficient (Wildman–Crippen LogP) is 1.52. The first-order chi connectivity index (χ1) is 11.4. The van der Waals surface area contributed by atoms with Gasteiger partial charge in [0.25, 0.3) is 0 Å². The molecule has 130 valence electrons. The zero-order valence-corrected chi connectivity index (χ0v) is 14.9. The van der Waals surface area contributed by atoms with Crippen molar-refractivity contribution in [2.45, 2.75) is 58.8 Å². The van der Waals surface area contributed by atoms with E-state index < -0.39 is 0 Å². The minimum atomic E-state index is -0.382. The number of piperazine rings is 1. The molecular weight excluding hydrogens is 302 g/mol. The number of fused-ring (bicyclic) bond motifs is 1. The molecule has 2 aliphatic heterocycles. The third kappa shape index (κ3) is 3.18. The van der Waals surface area contributed by atoms with Crippen LogP contribution in [0.25, 0.3) is 0 Å². The van der Waals surface area contributed by atoms with Crippen LogP contribution in [0.1, 0.15) is 37.0 Å². The average Bonchev–Trinajstić information content (AvgIpc) is 2.97. The lowest BCUT2D eigenvalue weighted by Crippen LogP contribution is -2.62. The standard InChI is InChI=1S/C19H27N3O2/c1-11(2)17-19(24)22-10-15(8-16(22)18(23)21-17)20-9-14-6-5-12(3)13(4)7-14/h5-7,11,15-17,20H,8-10H2,1-4H3,(H,21,23)/t15-,16-,17+/m0/s1. The Morgan fingerprint density at radius 1 is 1.25 bits per heavy atom. The first-order valence-electron chi connectivity index (χ1n) is 8.77. The second-order valence-electron chi connectivity index (χ2n) is 7.47. The van der Waals surface area contributed by atoms with Crippen molar-refractivity contribution < 1.29 is 9.59 Å². The maximum Gasteiger partial charge on any atom is 0.246 e. The van der Waals surface area contributed by atoms with Crippen LogP contribution in [0.3, 0.4) is 0 Å². The van der Waals surface area contributed by atoms with Crippen LogP contribution in [0.4, 0.5) is 0 Å². The zero-order valence-electron chi connectivity index (χ0n) is 14.9. The number of carbonyl (C=O) groups excluding carboxylic acids is 2. The number of amides is 2. The molecule has 5 nitrogen and oxygen atoms in total. The van der Waals surface area contributed by atoms with Gasteiger partial charge >= 0.3 is 0 Å². The summed E-state index contributed by atoms with van der Waals surface area (Å²) in [5.74, 6) is 0.166. The Labute approximate surface area is 143 Å². The van der Waals surface area contributed by atoms with Crippen LogP contribution >= 0.6 is 0 Å². The molecule has 2 amide bonds. The van der Waals surface area contributed by atoms with Crippen LogP contribution in [-0.2, 0) is 16.1 Å². The van der Waals surface area contributed by atoms with Gasteiger partial charge in [-0.05, 0) is 42.9 Å². The maximum absolute atomic E-state index is 12.6. The van der Waals surface area contributed by atoms with E-state index in [2.05, 4.69) is 42.7 Å². The largest absolute Gasteiger partial charge is 0.342 e. The number of nitrogens with one attached hydrogen (secondary N) is 2. The molecule has 0 saturated carbocycles. The minimum absolute atomic E-state index is 0.0104. The van der Waals surface area contributed by atoms with E-state index >= 15 is 0 Å². The molecule has 2 N–H and O–H groups in total. The van der Waals surface area contributed by atoms with Gasteiger partial charge in [0.15, 0.2) is 0 Å². The molecular formula is C19H27N3O2. The van der Waals surface area contributed by atoms with Gasteiger partial charge in [0, 0.05) is 19.1 Å². The summed E-state index contributed by atoms with van der Waals surface area (Å²) in [6, 6.07) is 5.92. The normalized spacial score (nSPS) is 26.7. The van der Waals surface area contributed by atoms with Gasteiger partial charge in [-0.25, -0.2) is 0 Å². The van der Waals surface area contributed by atoms with Crippen molar-refractivity contribution in [3.05, 3.63) is 34.9 Å². The van der Waals surface area contributed by atoms with Crippen molar-refractivity contribution in [2.24, 2.45) is 5.92 Å². The van der Waals surface area contributed by atoms with Crippen LogP contribution in [0.15, 0.2) is 18.2 Å². The van der Waals surface area contributed by atoms with Crippen molar-refractivity contribution in [1.29, 1.82) is 0 Å². The van der Waals surface area contributed by atoms with Gasteiger partial charge in [-0.15, -0.1) is 0 Å². The summed E-state index contributed by atoms with van der Waals surface area (Å²) in [4.78, 5) is 26.7. The van der Waals surface area contributed by atoms with Crippen molar-refractivity contribution in [2.75, 3.05) is 6.54 Å². The summed E-state index contributed by atoms with van der Waals surface area (Å²) < 4.78 is 0. The topological polar surface area (TPSA) is 61.4 Å². The fourth-order valence-electron chi connectivity index (χ4n) is 3.59. The lowest BCUT2D eigenvalue weighted by Gasteiger charge is -2.36. The predicted molar refractivity (Wildman–Crippen MR) is 93.4 cm³/mol. The number of hydrogen-bond donors (Lipinski definition) is 2. The number of nitrogens with zero attached hydrogens (tertiary/aromatic N) is 1. The Hall–Kier alpha value is -1.88. The summed E-state index contributed by atoms with van der Waals surface area (Å²) >= 11 is 0. The molecule has 0 unspecified atom stereocenters. The highest BCUT2D eigenvalue weighted by Crippen LogP contribution is 2.25. The molecule has 0 aromatic heterocycles. The molecule has 0 aliphatic carbocycles. The molecule has 1 aromatic rings. The Bertz CT molecular complexity index is 656. The van der Waals surface area contributed by atoms with E-state index in [1.165, 1.54) is 16.7 Å². The number of carbonyl (C=O) groups is 2. The lowest BCUT2D eigenvalue weighted by molar-refractivity contribution is -0.148. The molecule has 0 bridgehead atoms. The SMILES string of the molecule is Cc1ccc(CN[C@H]2C[C@H]3C(=O)N[C@H](C(C)C)C(=O)N3C2)cc1C. The summed E-state index contributed by atoms with van der Waals surface area (Å²) in [7, 11) is 0.